The Morgan fingerprint density at radius 3 is 2.08 bits per heavy atom. The summed E-state index contributed by atoms with van der Waals surface area (Å²) in [6, 6.07) is 12.2. The van der Waals surface area contributed by atoms with Crippen molar-refractivity contribution in [3.05, 3.63) is 71.8 Å². The lowest BCUT2D eigenvalue weighted by Gasteiger charge is -2.18. The molecule has 0 radical (unpaired) electrons. The van der Waals surface area contributed by atoms with E-state index in [1.807, 2.05) is 0 Å². The highest BCUT2D eigenvalue weighted by Crippen LogP contribution is 2.25. The van der Waals surface area contributed by atoms with Gasteiger partial charge in [-0.25, -0.2) is 4.99 Å². The minimum atomic E-state index is -0.525. The van der Waals surface area contributed by atoms with E-state index >= 15 is 0 Å². The fourth-order valence-corrected chi connectivity index (χ4v) is 2.35. The quantitative estimate of drug-likeness (QED) is 0.497. The zero-order valence-electron chi connectivity index (χ0n) is 13.8. The highest BCUT2D eigenvalue weighted by molar-refractivity contribution is 6.24. The third-order valence-electron chi connectivity index (χ3n) is 3.64. The molecule has 0 saturated carbocycles. The Morgan fingerprint density at radius 2 is 1.50 bits per heavy atom. The van der Waals surface area contributed by atoms with Crippen molar-refractivity contribution >= 4 is 22.9 Å². The summed E-state index contributed by atoms with van der Waals surface area (Å²) in [5.74, 6) is -0.935. The van der Waals surface area contributed by atoms with E-state index in [1.165, 1.54) is 37.5 Å². The molecule has 0 aliphatic heterocycles. The van der Waals surface area contributed by atoms with Crippen molar-refractivity contribution in [3.63, 3.8) is 0 Å². The van der Waals surface area contributed by atoms with Crippen molar-refractivity contribution in [2.75, 3.05) is 12.4 Å². The van der Waals surface area contributed by atoms with Crippen LogP contribution in [0.5, 0.6) is 11.5 Å². The number of aromatic hydroxyl groups is 2. The first-order valence-electron chi connectivity index (χ1n) is 7.65. The van der Waals surface area contributed by atoms with E-state index in [1.54, 1.807) is 24.3 Å². The predicted molar refractivity (Wildman–Crippen MR) is 96.7 cm³/mol. The summed E-state index contributed by atoms with van der Waals surface area (Å²) in [4.78, 5) is 16.8. The molecule has 0 saturated heterocycles. The van der Waals surface area contributed by atoms with Crippen molar-refractivity contribution in [2.24, 2.45) is 4.99 Å². The van der Waals surface area contributed by atoms with Gasteiger partial charge < -0.3 is 25.4 Å². The lowest BCUT2D eigenvalue weighted by Crippen LogP contribution is -2.24. The van der Waals surface area contributed by atoms with Crippen LogP contribution in [0.4, 0.5) is 11.4 Å². The maximum absolute atomic E-state index is 12.5. The number of carbonyl (C=O) groups is 1. The largest absolute Gasteiger partial charge is 0.508 e. The fourth-order valence-electron chi connectivity index (χ4n) is 2.35. The molecule has 0 bridgehead atoms. The second-order valence-electron chi connectivity index (χ2n) is 5.45. The second kappa shape index (κ2) is 7.02. The number of Topliss-reactive ketones (excluding diaryl/α,β-unsaturated/α-hetero) is 1. The number of nitrogens with one attached hydrogen (secondary N) is 1. The summed E-state index contributed by atoms with van der Waals surface area (Å²) in [7, 11) is 1.28. The number of phenols is 2. The first-order valence-corrected chi connectivity index (χ1v) is 7.65. The Kier molecular flexibility index (Phi) is 4.62. The van der Waals surface area contributed by atoms with Gasteiger partial charge in [0.25, 0.3) is 0 Å². The maximum atomic E-state index is 12.5. The van der Waals surface area contributed by atoms with E-state index in [2.05, 4.69) is 10.3 Å². The lowest BCUT2D eigenvalue weighted by atomic mass is 10.0. The molecule has 4 N–H and O–H groups in total. The van der Waals surface area contributed by atoms with E-state index in [4.69, 9.17) is 4.74 Å². The van der Waals surface area contributed by atoms with E-state index in [0.717, 1.165) is 0 Å². The van der Waals surface area contributed by atoms with Gasteiger partial charge in [-0.15, -0.1) is 0 Å². The number of allylic oxidation sites excluding steroid dienone is 1. The number of nitrogens with zero attached hydrogens (tertiary/aromatic N) is 1. The Hall–Kier alpha value is -3.74. The molecule has 0 atom stereocenters. The number of carbonyl (C=O) groups excluding carboxylic acids is 1. The van der Waals surface area contributed by atoms with Gasteiger partial charge >= 0.3 is 0 Å². The van der Waals surface area contributed by atoms with E-state index in [-0.39, 0.29) is 34.4 Å². The summed E-state index contributed by atoms with van der Waals surface area (Å²) >= 11 is 0. The molecule has 0 fully saturated rings. The number of aliphatic hydroxyl groups is 1. The predicted octanol–water partition coefficient (Wildman–Crippen LogP) is 3.17. The number of aliphatic imine (C=N–C) groups is 1. The summed E-state index contributed by atoms with van der Waals surface area (Å²) in [6.45, 7) is 0. The number of anilines is 1. The first kappa shape index (κ1) is 17.1. The lowest BCUT2D eigenvalue weighted by molar-refractivity contribution is -0.115. The van der Waals surface area contributed by atoms with Gasteiger partial charge in [0.05, 0.1) is 18.5 Å². The van der Waals surface area contributed by atoms with Crippen molar-refractivity contribution in [2.45, 2.75) is 0 Å². The molecule has 7 heteroatoms. The number of benzene rings is 2. The standard InChI is InChI=1S/C19H16N2O5/c1-26-19-17(24)15(20-11-2-6-13(22)7-3-11)10-16(18(19)25)21-12-4-8-14(23)9-5-12/h2-10,20,22-23,25H,1H3/b21-16-. The van der Waals surface area contributed by atoms with E-state index < -0.39 is 5.78 Å². The van der Waals surface area contributed by atoms with Crippen LogP contribution in [0.3, 0.4) is 0 Å². The van der Waals surface area contributed by atoms with E-state index in [9.17, 15) is 20.1 Å². The minimum absolute atomic E-state index is 0.0929. The second-order valence-corrected chi connectivity index (χ2v) is 5.45. The summed E-state index contributed by atoms with van der Waals surface area (Å²) in [5.41, 5.74) is 1.34. The molecular formula is C19H16N2O5. The van der Waals surface area contributed by atoms with Crippen molar-refractivity contribution < 1.29 is 24.9 Å². The number of hydrogen-bond donors (Lipinski definition) is 4. The molecule has 1 aliphatic rings. The number of ketones is 1. The molecule has 0 amide bonds. The van der Waals surface area contributed by atoms with Crippen LogP contribution in [0, 0.1) is 0 Å². The molecule has 0 heterocycles. The minimum Gasteiger partial charge on any atom is -0.508 e. The molecule has 26 heavy (non-hydrogen) atoms. The van der Waals surface area contributed by atoms with Crippen LogP contribution in [-0.2, 0) is 9.53 Å². The Bertz CT molecular complexity index is 925. The van der Waals surface area contributed by atoms with Crippen molar-refractivity contribution in [1.29, 1.82) is 0 Å². The molecule has 7 nitrogen and oxygen atoms in total. The van der Waals surface area contributed by atoms with Crippen LogP contribution in [0.25, 0.3) is 0 Å². The smallest absolute Gasteiger partial charge is 0.247 e. The van der Waals surface area contributed by atoms with Gasteiger partial charge in [0.2, 0.25) is 11.5 Å². The number of hydrogen-bond acceptors (Lipinski definition) is 7. The molecule has 0 spiro atoms. The van der Waals surface area contributed by atoms with Gasteiger partial charge in [0, 0.05) is 5.69 Å². The molecule has 2 aromatic rings. The van der Waals surface area contributed by atoms with Crippen LogP contribution in [0.15, 0.2) is 76.8 Å². The zero-order valence-corrected chi connectivity index (χ0v) is 13.8. The zero-order chi connectivity index (χ0) is 18.7. The molecule has 1 aliphatic carbocycles. The molecule has 132 valence electrons. The van der Waals surface area contributed by atoms with Crippen LogP contribution in [0.2, 0.25) is 0 Å². The molecular weight excluding hydrogens is 336 g/mol. The van der Waals surface area contributed by atoms with Gasteiger partial charge in [-0.1, -0.05) is 0 Å². The highest BCUT2D eigenvalue weighted by Gasteiger charge is 2.28. The van der Waals surface area contributed by atoms with Gasteiger partial charge in [-0.05, 0) is 54.6 Å². The van der Waals surface area contributed by atoms with Crippen molar-refractivity contribution in [3.8, 4) is 11.5 Å². The third kappa shape index (κ3) is 3.51. The number of methoxy groups -OCH3 is 1. The summed E-state index contributed by atoms with van der Waals surface area (Å²) in [5, 5.41) is 31.9. The van der Waals surface area contributed by atoms with Gasteiger partial charge in [0.15, 0.2) is 5.76 Å². The number of phenolic OH excluding ortho intramolecular Hbond substituents is 2. The summed E-state index contributed by atoms with van der Waals surface area (Å²) < 4.78 is 5.03. The van der Waals surface area contributed by atoms with Gasteiger partial charge in [-0.2, -0.15) is 0 Å². The number of ether oxygens (including phenoxy) is 1. The first-order chi connectivity index (χ1) is 12.5. The number of rotatable bonds is 4. The van der Waals surface area contributed by atoms with Crippen LogP contribution < -0.4 is 5.32 Å². The van der Waals surface area contributed by atoms with Crippen molar-refractivity contribution in [1.82, 2.24) is 0 Å². The Labute approximate surface area is 149 Å². The van der Waals surface area contributed by atoms with Crippen LogP contribution in [0.1, 0.15) is 0 Å². The summed E-state index contributed by atoms with van der Waals surface area (Å²) in [6.07, 6.45) is 1.40. The Balaban J connectivity index is 1.99. The van der Waals surface area contributed by atoms with Gasteiger partial charge in [-0.3, -0.25) is 4.79 Å². The average Bonchev–Trinajstić information content (AvgIpc) is 2.63. The van der Waals surface area contributed by atoms with Crippen LogP contribution in [-0.4, -0.2) is 33.9 Å². The molecule has 3 rings (SSSR count). The average molecular weight is 352 g/mol. The van der Waals surface area contributed by atoms with Crippen LogP contribution >= 0.6 is 0 Å². The normalized spacial score (nSPS) is 15.8. The molecule has 0 unspecified atom stereocenters. The topological polar surface area (TPSA) is 111 Å². The maximum Gasteiger partial charge on any atom is 0.247 e. The van der Waals surface area contributed by atoms with Gasteiger partial charge in [0.1, 0.15) is 17.2 Å². The highest BCUT2D eigenvalue weighted by atomic mass is 16.5. The molecule has 2 aromatic carbocycles. The number of aliphatic hydroxyl groups excluding tert-OH is 1. The SMILES string of the molecule is COC1=C(O)/C(=N\c2ccc(O)cc2)C=C(Nc2ccc(O)cc2)C1=O. The third-order valence-corrected chi connectivity index (χ3v) is 3.64. The molecule has 0 aromatic heterocycles. The fraction of sp³-hybridized carbons (Fsp3) is 0.0526. The monoisotopic (exact) mass is 352 g/mol. The Morgan fingerprint density at radius 1 is 0.923 bits per heavy atom. The van der Waals surface area contributed by atoms with E-state index in [0.29, 0.717) is 11.4 Å².